The first kappa shape index (κ1) is 21.8. The van der Waals surface area contributed by atoms with Gasteiger partial charge in [0.25, 0.3) is 0 Å². The van der Waals surface area contributed by atoms with Gasteiger partial charge in [0.15, 0.2) is 5.43 Å². The minimum Gasteiger partial charge on any atom is -0.474 e. The number of fused-ring (bicyclic) bond motifs is 1. The quantitative estimate of drug-likeness (QED) is 0.519. The van der Waals surface area contributed by atoms with Gasteiger partial charge in [-0.3, -0.25) is 4.79 Å². The Kier molecular flexibility index (Phi) is 6.62. The molecule has 1 aromatic carbocycles. The summed E-state index contributed by atoms with van der Waals surface area (Å²) in [5, 5.41) is 28.0. The molecule has 0 saturated carbocycles. The highest BCUT2D eigenvalue weighted by atomic mass is 35.5. The van der Waals surface area contributed by atoms with E-state index >= 15 is 0 Å². The average Bonchev–Trinajstić information content (AvgIpc) is 2.67. The summed E-state index contributed by atoms with van der Waals surface area (Å²) >= 11 is 18.7. The highest BCUT2D eigenvalue weighted by molar-refractivity contribution is 6.38. The molecule has 29 heavy (non-hydrogen) atoms. The van der Waals surface area contributed by atoms with Crippen molar-refractivity contribution >= 4 is 45.7 Å². The molecule has 154 valence electrons. The fourth-order valence-corrected chi connectivity index (χ4v) is 3.65. The molecule has 0 saturated heterocycles. The molecular formula is C18H14Cl3FN2O5. The predicted molar refractivity (Wildman–Crippen MR) is 107 cm³/mol. The summed E-state index contributed by atoms with van der Waals surface area (Å²) in [6.07, 6.45) is 0.00919. The van der Waals surface area contributed by atoms with Crippen molar-refractivity contribution in [3.05, 3.63) is 61.2 Å². The summed E-state index contributed by atoms with van der Waals surface area (Å²) in [7, 11) is 0. The van der Waals surface area contributed by atoms with E-state index in [-0.39, 0.29) is 49.8 Å². The maximum absolute atomic E-state index is 13.7. The van der Waals surface area contributed by atoms with E-state index in [0.717, 1.165) is 18.2 Å². The second-order valence-electron chi connectivity index (χ2n) is 5.99. The molecule has 7 nitrogen and oxygen atoms in total. The normalized spacial score (nSPS) is 12.4. The van der Waals surface area contributed by atoms with Crippen molar-refractivity contribution in [2.24, 2.45) is 0 Å². The van der Waals surface area contributed by atoms with Crippen LogP contribution in [0, 0.1) is 5.82 Å². The lowest BCUT2D eigenvalue weighted by molar-refractivity contribution is 0.0526. The molecular weight excluding hydrogens is 450 g/mol. The molecule has 3 N–H and O–H groups in total. The molecule has 3 rings (SSSR count). The summed E-state index contributed by atoms with van der Waals surface area (Å²) < 4.78 is 20.3. The second-order valence-corrected chi connectivity index (χ2v) is 7.22. The van der Waals surface area contributed by atoms with Crippen LogP contribution in [0.15, 0.2) is 29.2 Å². The molecule has 3 aromatic rings. The van der Waals surface area contributed by atoms with Crippen molar-refractivity contribution in [2.45, 2.75) is 12.7 Å². The first-order valence-corrected chi connectivity index (χ1v) is 9.32. The summed E-state index contributed by atoms with van der Waals surface area (Å²) in [6.45, 7) is -1.46. The summed E-state index contributed by atoms with van der Waals surface area (Å²) in [6, 6.07) is 3.17. The molecule has 0 aliphatic carbocycles. The van der Waals surface area contributed by atoms with Gasteiger partial charge in [-0.25, -0.2) is 9.37 Å². The zero-order valence-corrected chi connectivity index (χ0v) is 16.8. The number of rotatable bonds is 6. The van der Waals surface area contributed by atoms with Crippen LogP contribution in [0.1, 0.15) is 5.69 Å². The molecule has 11 heteroatoms. The number of halogens is 4. The van der Waals surface area contributed by atoms with Gasteiger partial charge in [-0.2, -0.15) is 0 Å². The molecule has 0 spiro atoms. The molecule has 2 heterocycles. The highest BCUT2D eigenvalue weighted by Gasteiger charge is 2.22. The van der Waals surface area contributed by atoms with E-state index < -0.39 is 30.6 Å². The molecule has 0 fully saturated rings. The number of hydrogen-bond donors (Lipinski definition) is 3. The van der Waals surface area contributed by atoms with E-state index in [2.05, 4.69) is 4.98 Å². The monoisotopic (exact) mass is 462 g/mol. The van der Waals surface area contributed by atoms with Crippen LogP contribution < -0.4 is 10.2 Å². The maximum Gasteiger partial charge on any atom is 0.227 e. The fraction of sp³-hybridized carbons (Fsp3) is 0.222. The topological polar surface area (TPSA) is 105 Å². The number of benzene rings is 1. The van der Waals surface area contributed by atoms with Crippen LogP contribution >= 0.6 is 34.8 Å². The molecule has 0 amide bonds. The number of aliphatic hydroxyl groups is 3. The van der Waals surface area contributed by atoms with Crippen molar-refractivity contribution < 1.29 is 24.4 Å². The van der Waals surface area contributed by atoms with Gasteiger partial charge in [-0.1, -0.05) is 34.8 Å². The number of hydrogen-bond acceptors (Lipinski definition) is 6. The zero-order chi connectivity index (χ0) is 21.3. The number of aliphatic hydroxyl groups excluding tert-OH is 3. The minimum absolute atomic E-state index is 0.0129. The Labute approximate surface area is 178 Å². The molecule has 1 atom stereocenters. The van der Waals surface area contributed by atoms with Crippen LogP contribution in [-0.4, -0.2) is 44.2 Å². The van der Waals surface area contributed by atoms with E-state index in [1.807, 2.05) is 0 Å². The minimum atomic E-state index is -1.19. The molecule has 0 bridgehead atoms. The lowest BCUT2D eigenvalue weighted by Crippen LogP contribution is -2.23. The Morgan fingerprint density at radius 1 is 1.14 bits per heavy atom. The van der Waals surface area contributed by atoms with Crippen molar-refractivity contribution in [1.29, 1.82) is 0 Å². The fourth-order valence-electron chi connectivity index (χ4n) is 2.79. The number of ether oxygens (including phenoxy) is 1. The highest BCUT2D eigenvalue weighted by Crippen LogP contribution is 2.36. The van der Waals surface area contributed by atoms with Crippen LogP contribution in [0.3, 0.4) is 0 Å². The Morgan fingerprint density at radius 2 is 1.79 bits per heavy atom. The number of pyridine rings is 2. The first-order chi connectivity index (χ1) is 13.8. The van der Waals surface area contributed by atoms with Gasteiger partial charge < -0.3 is 24.6 Å². The van der Waals surface area contributed by atoms with Crippen LogP contribution in [0.2, 0.25) is 15.1 Å². The van der Waals surface area contributed by atoms with Crippen LogP contribution in [0.25, 0.3) is 16.6 Å². The largest absolute Gasteiger partial charge is 0.474 e. The summed E-state index contributed by atoms with van der Waals surface area (Å²) in [5.41, 5.74) is -0.314. The first-order valence-electron chi connectivity index (χ1n) is 8.19. The lowest BCUT2D eigenvalue weighted by atomic mass is 10.1. The molecule has 2 aromatic heterocycles. The lowest BCUT2D eigenvalue weighted by Gasteiger charge is -2.20. The van der Waals surface area contributed by atoms with Crippen molar-refractivity contribution in [2.75, 3.05) is 13.2 Å². The maximum atomic E-state index is 13.7. The molecule has 0 aliphatic heterocycles. The van der Waals surface area contributed by atoms with E-state index in [9.17, 15) is 19.4 Å². The number of aromatic nitrogens is 2. The Balaban J connectivity index is 2.39. The Bertz CT molecular complexity index is 1120. The van der Waals surface area contributed by atoms with E-state index in [0.29, 0.717) is 0 Å². The summed E-state index contributed by atoms with van der Waals surface area (Å²) in [4.78, 5) is 16.7. The van der Waals surface area contributed by atoms with Gasteiger partial charge in [0.2, 0.25) is 5.88 Å². The zero-order valence-electron chi connectivity index (χ0n) is 14.6. The van der Waals surface area contributed by atoms with E-state index in [1.165, 1.54) is 10.8 Å². The van der Waals surface area contributed by atoms with Gasteiger partial charge in [0.05, 0.1) is 51.4 Å². The van der Waals surface area contributed by atoms with Gasteiger partial charge in [-0.15, -0.1) is 0 Å². The SMILES string of the molecule is O=c1cc(CO)n(-c2c(Cl)cc(F)cc2Cl)c2c(Cl)cnc(OCC(O)CO)c12. The Hall–Kier alpha value is -1.94. The van der Waals surface area contributed by atoms with Gasteiger partial charge >= 0.3 is 0 Å². The van der Waals surface area contributed by atoms with Gasteiger partial charge in [-0.05, 0) is 12.1 Å². The van der Waals surface area contributed by atoms with E-state index in [1.54, 1.807) is 0 Å². The molecule has 0 radical (unpaired) electrons. The predicted octanol–water partition coefficient (Wildman–Crippen LogP) is 2.71. The van der Waals surface area contributed by atoms with Gasteiger partial charge in [0, 0.05) is 6.07 Å². The standard InChI is InChI=1S/C18H14Cl3FN2O5/c19-11-1-8(22)2-12(20)16(11)24-9(5-25)3-14(28)15-17(24)13(21)4-23-18(15)29-7-10(27)6-26/h1-4,10,25-27H,5-7H2. The third-order valence-corrected chi connectivity index (χ3v) is 4.87. The average molecular weight is 464 g/mol. The third-order valence-electron chi connectivity index (χ3n) is 4.02. The number of nitrogens with zero attached hydrogens (tertiary/aromatic N) is 2. The second kappa shape index (κ2) is 8.83. The van der Waals surface area contributed by atoms with Crippen LogP contribution in [0.4, 0.5) is 4.39 Å². The van der Waals surface area contributed by atoms with Crippen molar-refractivity contribution in [3.63, 3.8) is 0 Å². The van der Waals surface area contributed by atoms with E-state index in [4.69, 9.17) is 44.6 Å². The summed E-state index contributed by atoms with van der Waals surface area (Å²) in [5.74, 6) is -0.830. The van der Waals surface area contributed by atoms with Crippen LogP contribution in [-0.2, 0) is 6.61 Å². The molecule has 0 aliphatic rings. The molecule has 1 unspecified atom stereocenters. The van der Waals surface area contributed by atoms with Crippen LogP contribution in [0.5, 0.6) is 5.88 Å². The third kappa shape index (κ3) is 4.18. The van der Waals surface area contributed by atoms with Crippen molar-refractivity contribution in [3.8, 4) is 11.6 Å². The smallest absolute Gasteiger partial charge is 0.227 e. The van der Waals surface area contributed by atoms with Crippen molar-refractivity contribution in [1.82, 2.24) is 9.55 Å². The Morgan fingerprint density at radius 3 is 2.38 bits per heavy atom. The van der Waals surface area contributed by atoms with Gasteiger partial charge in [0.1, 0.15) is 23.9 Å².